The molecule has 1 heterocycles. The highest BCUT2D eigenvalue weighted by atomic mass is 35.5. The van der Waals surface area contributed by atoms with Gasteiger partial charge in [-0.2, -0.15) is 0 Å². The number of hydrogen-bond acceptors (Lipinski definition) is 2. The number of anilines is 1. The van der Waals surface area contributed by atoms with Crippen molar-refractivity contribution in [1.82, 2.24) is 4.90 Å². The number of rotatable bonds is 1. The first-order valence-corrected chi connectivity index (χ1v) is 6.22. The van der Waals surface area contributed by atoms with Crippen molar-refractivity contribution in [1.29, 1.82) is 0 Å². The summed E-state index contributed by atoms with van der Waals surface area (Å²) in [5.41, 5.74) is 2.41. The van der Waals surface area contributed by atoms with E-state index in [-0.39, 0.29) is 5.91 Å². The van der Waals surface area contributed by atoms with Crippen LogP contribution in [0, 0.1) is 6.92 Å². The maximum Gasteiger partial charge on any atom is 0.219 e. The van der Waals surface area contributed by atoms with Crippen LogP contribution in [0.2, 0.25) is 5.02 Å². The van der Waals surface area contributed by atoms with Crippen LogP contribution in [0.25, 0.3) is 0 Å². The molecule has 1 aliphatic rings. The zero-order chi connectivity index (χ0) is 12.4. The van der Waals surface area contributed by atoms with Crippen LogP contribution in [-0.2, 0) is 4.79 Å². The Kier molecular flexibility index (Phi) is 3.57. The fourth-order valence-corrected chi connectivity index (χ4v) is 2.46. The van der Waals surface area contributed by atoms with Crippen LogP contribution in [0.1, 0.15) is 12.5 Å². The standard InChI is InChI=1S/C13H17ClN2O/c1-10-9-12(14)3-4-13(10)16-7-5-15(6-8-16)11(2)17/h3-4,9H,5-8H2,1-2H3. The van der Waals surface area contributed by atoms with E-state index in [4.69, 9.17) is 11.6 Å². The Labute approximate surface area is 107 Å². The van der Waals surface area contributed by atoms with Crippen molar-refractivity contribution in [3.63, 3.8) is 0 Å². The molecule has 17 heavy (non-hydrogen) atoms. The molecule has 0 radical (unpaired) electrons. The van der Waals surface area contributed by atoms with Gasteiger partial charge in [0.1, 0.15) is 0 Å². The predicted octanol–water partition coefficient (Wildman–Crippen LogP) is 2.32. The van der Waals surface area contributed by atoms with E-state index in [0.717, 1.165) is 31.2 Å². The summed E-state index contributed by atoms with van der Waals surface area (Å²) in [7, 11) is 0. The average molecular weight is 253 g/mol. The number of hydrogen-bond donors (Lipinski definition) is 0. The number of carbonyl (C=O) groups excluding carboxylic acids is 1. The second-order valence-corrected chi connectivity index (χ2v) is 4.86. The highest BCUT2D eigenvalue weighted by Crippen LogP contribution is 2.24. The Morgan fingerprint density at radius 1 is 1.24 bits per heavy atom. The minimum Gasteiger partial charge on any atom is -0.368 e. The van der Waals surface area contributed by atoms with E-state index >= 15 is 0 Å². The van der Waals surface area contributed by atoms with Crippen LogP contribution < -0.4 is 4.90 Å². The third kappa shape index (κ3) is 2.72. The number of benzene rings is 1. The van der Waals surface area contributed by atoms with Gasteiger partial charge in [0.05, 0.1) is 0 Å². The van der Waals surface area contributed by atoms with Crippen molar-refractivity contribution in [3.05, 3.63) is 28.8 Å². The van der Waals surface area contributed by atoms with Crippen LogP contribution in [0.5, 0.6) is 0 Å². The smallest absolute Gasteiger partial charge is 0.219 e. The van der Waals surface area contributed by atoms with Gasteiger partial charge in [0, 0.05) is 43.8 Å². The summed E-state index contributed by atoms with van der Waals surface area (Å²) < 4.78 is 0. The fraction of sp³-hybridized carbons (Fsp3) is 0.462. The van der Waals surface area contributed by atoms with Gasteiger partial charge in [0.25, 0.3) is 0 Å². The van der Waals surface area contributed by atoms with Crippen molar-refractivity contribution < 1.29 is 4.79 Å². The summed E-state index contributed by atoms with van der Waals surface area (Å²) in [6, 6.07) is 5.95. The van der Waals surface area contributed by atoms with Gasteiger partial charge in [0.2, 0.25) is 5.91 Å². The quantitative estimate of drug-likeness (QED) is 0.766. The highest BCUT2D eigenvalue weighted by Gasteiger charge is 2.19. The number of aryl methyl sites for hydroxylation is 1. The van der Waals surface area contributed by atoms with Crippen molar-refractivity contribution in [2.75, 3.05) is 31.1 Å². The number of halogens is 1. The van der Waals surface area contributed by atoms with Gasteiger partial charge >= 0.3 is 0 Å². The van der Waals surface area contributed by atoms with Crippen LogP contribution in [-0.4, -0.2) is 37.0 Å². The molecule has 0 atom stereocenters. The monoisotopic (exact) mass is 252 g/mol. The molecule has 3 nitrogen and oxygen atoms in total. The Bertz CT molecular complexity index is 425. The minimum absolute atomic E-state index is 0.164. The van der Waals surface area contributed by atoms with Crippen molar-refractivity contribution in [3.8, 4) is 0 Å². The highest BCUT2D eigenvalue weighted by molar-refractivity contribution is 6.30. The lowest BCUT2D eigenvalue weighted by molar-refractivity contribution is -0.129. The molecule has 2 rings (SSSR count). The van der Waals surface area contributed by atoms with E-state index in [9.17, 15) is 4.79 Å². The number of nitrogens with zero attached hydrogens (tertiary/aromatic N) is 2. The summed E-state index contributed by atoms with van der Waals surface area (Å²) in [6.45, 7) is 7.08. The molecule has 0 aliphatic carbocycles. The Balaban J connectivity index is 2.08. The van der Waals surface area contributed by atoms with Gasteiger partial charge in [-0.05, 0) is 30.7 Å². The number of carbonyl (C=O) groups is 1. The van der Waals surface area contributed by atoms with E-state index in [2.05, 4.69) is 17.9 Å². The zero-order valence-corrected chi connectivity index (χ0v) is 11.0. The maximum absolute atomic E-state index is 11.2. The van der Waals surface area contributed by atoms with Gasteiger partial charge in [-0.15, -0.1) is 0 Å². The predicted molar refractivity (Wildman–Crippen MR) is 70.7 cm³/mol. The van der Waals surface area contributed by atoms with E-state index in [1.54, 1.807) is 6.92 Å². The second kappa shape index (κ2) is 4.96. The molecular weight excluding hydrogens is 236 g/mol. The molecule has 4 heteroatoms. The molecule has 0 saturated carbocycles. The third-order valence-corrected chi connectivity index (χ3v) is 3.46. The summed E-state index contributed by atoms with van der Waals surface area (Å²) in [6.07, 6.45) is 0. The molecule has 1 aliphatic heterocycles. The van der Waals surface area contributed by atoms with Crippen LogP contribution >= 0.6 is 11.6 Å². The van der Waals surface area contributed by atoms with Gasteiger partial charge in [-0.25, -0.2) is 0 Å². The van der Waals surface area contributed by atoms with E-state index < -0.39 is 0 Å². The summed E-state index contributed by atoms with van der Waals surface area (Å²) in [4.78, 5) is 15.4. The van der Waals surface area contributed by atoms with Crippen LogP contribution in [0.15, 0.2) is 18.2 Å². The van der Waals surface area contributed by atoms with Crippen molar-refractivity contribution in [2.45, 2.75) is 13.8 Å². The molecular formula is C13H17ClN2O. The first-order valence-electron chi connectivity index (χ1n) is 5.84. The fourth-order valence-electron chi connectivity index (χ4n) is 2.24. The zero-order valence-electron chi connectivity index (χ0n) is 10.2. The molecule has 0 aromatic heterocycles. The van der Waals surface area contributed by atoms with E-state index in [1.165, 1.54) is 11.3 Å². The SMILES string of the molecule is CC(=O)N1CCN(c2ccc(Cl)cc2C)CC1. The average Bonchev–Trinajstić information content (AvgIpc) is 2.29. The van der Waals surface area contributed by atoms with Gasteiger partial charge in [0.15, 0.2) is 0 Å². The summed E-state index contributed by atoms with van der Waals surface area (Å²) >= 11 is 5.95. The Morgan fingerprint density at radius 3 is 2.41 bits per heavy atom. The van der Waals surface area contributed by atoms with E-state index in [1.807, 2.05) is 17.0 Å². The molecule has 0 N–H and O–H groups in total. The Hall–Kier alpha value is -1.22. The molecule has 1 amide bonds. The molecule has 1 aromatic rings. The lowest BCUT2D eigenvalue weighted by Crippen LogP contribution is -2.48. The number of amides is 1. The lowest BCUT2D eigenvalue weighted by atomic mass is 10.1. The normalized spacial score (nSPS) is 16.2. The van der Waals surface area contributed by atoms with Gasteiger partial charge in [-0.3, -0.25) is 4.79 Å². The molecule has 1 aromatic carbocycles. The second-order valence-electron chi connectivity index (χ2n) is 4.42. The summed E-state index contributed by atoms with van der Waals surface area (Å²) in [5, 5.41) is 0.772. The van der Waals surface area contributed by atoms with E-state index in [0.29, 0.717) is 0 Å². The van der Waals surface area contributed by atoms with Crippen LogP contribution in [0.3, 0.4) is 0 Å². The maximum atomic E-state index is 11.2. The first kappa shape index (κ1) is 12.2. The topological polar surface area (TPSA) is 23.6 Å². The molecule has 0 spiro atoms. The van der Waals surface area contributed by atoms with Crippen molar-refractivity contribution >= 4 is 23.2 Å². The third-order valence-electron chi connectivity index (χ3n) is 3.22. The first-order chi connectivity index (χ1) is 8.08. The van der Waals surface area contributed by atoms with Gasteiger partial charge < -0.3 is 9.80 Å². The molecule has 1 saturated heterocycles. The van der Waals surface area contributed by atoms with Crippen LogP contribution in [0.4, 0.5) is 5.69 Å². The van der Waals surface area contributed by atoms with Gasteiger partial charge in [-0.1, -0.05) is 11.6 Å². The molecule has 92 valence electrons. The lowest BCUT2D eigenvalue weighted by Gasteiger charge is -2.36. The Morgan fingerprint density at radius 2 is 1.88 bits per heavy atom. The number of piperazine rings is 1. The summed E-state index contributed by atoms with van der Waals surface area (Å²) in [5.74, 6) is 0.164. The molecule has 1 fully saturated rings. The minimum atomic E-state index is 0.164. The largest absolute Gasteiger partial charge is 0.368 e. The van der Waals surface area contributed by atoms with Crippen molar-refractivity contribution in [2.24, 2.45) is 0 Å². The molecule has 0 unspecified atom stereocenters. The molecule has 0 bridgehead atoms.